The summed E-state index contributed by atoms with van der Waals surface area (Å²) in [6, 6.07) is 15.2. The average molecular weight is 1680 g/mol. The van der Waals surface area contributed by atoms with Gasteiger partial charge in [-0.15, -0.1) is 0 Å². The molecule has 14 rings (SSSR count). The van der Waals surface area contributed by atoms with E-state index in [0.29, 0.717) is 41.4 Å². The van der Waals surface area contributed by atoms with E-state index in [1.807, 2.05) is 43.4 Å². The van der Waals surface area contributed by atoms with E-state index in [-0.39, 0.29) is 0 Å². The molecule has 0 N–H and O–H groups in total. The van der Waals surface area contributed by atoms with Crippen LogP contribution in [0.3, 0.4) is 0 Å². The molecule has 0 aliphatic heterocycles. The molecular formula is C77H98Br7N7. The van der Waals surface area contributed by atoms with E-state index < -0.39 is 0 Å². The fraction of sp³-hybridized carbons (Fsp3) is 0.545. The molecule has 7 aromatic rings. The Balaban J connectivity index is 0.000000137. The Labute approximate surface area is 606 Å². The summed E-state index contributed by atoms with van der Waals surface area (Å²) in [4.78, 5) is 30.5. The summed E-state index contributed by atoms with van der Waals surface area (Å²) in [7, 11) is 0. The molecule has 490 valence electrons. The summed E-state index contributed by atoms with van der Waals surface area (Å²) in [5.41, 5.74) is 19.7. The number of pyridine rings is 7. The molecule has 7 aliphatic carbocycles. The number of hydrogen-bond donors (Lipinski definition) is 0. The van der Waals surface area contributed by atoms with E-state index in [1.165, 1.54) is 177 Å². The Hall–Kier alpha value is -2.59. The van der Waals surface area contributed by atoms with Crippen LogP contribution in [-0.4, -0.2) is 34.9 Å². The summed E-state index contributed by atoms with van der Waals surface area (Å²) >= 11 is 24.6. The molecule has 7 fully saturated rings. The van der Waals surface area contributed by atoms with Crippen LogP contribution in [0, 0.1) is 0 Å². The molecule has 0 amide bonds. The van der Waals surface area contributed by atoms with Gasteiger partial charge in [0.05, 0.1) is 5.69 Å². The second-order valence-corrected chi connectivity index (χ2v) is 34.1. The van der Waals surface area contributed by atoms with Crippen LogP contribution in [0.1, 0.15) is 348 Å². The molecule has 0 radical (unpaired) electrons. The predicted octanol–water partition coefficient (Wildman–Crippen LogP) is 26.9. The van der Waals surface area contributed by atoms with Crippen molar-refractivity contribution < 1.29 is 0 Å². The quantitative estimate of drug-likeness (QED) is 0.100. The molecule has 7 nitrogen and oxygen atoms in total. The van der Waals surface area contributed by atoms with Crippen molar-refractivity contribution in [1.82, 2.24) is 34.9 Å². The van der Waals surface area contributed by atoms with Crippen molar-refractivity contribution in [3.05, 3.63) is 196 Å². The summed E-state index contributed by atoms with van der Waals surface area (Å²) in [5.74, 6) is 9.57. The Bertz CT molecular complexity index is 3330. The van der Waals surface area contributed by atoms with Crippen LogP contribution in [0.15, 0.2) is 118 Å². The maximum atomic E-state index is 4.49. The van der Waals surface area contributed by atoms with Gasteiger partial charge in [-0.05, 0) is 370 Å². The monoisotopic (exact) mass is 1670 g/mol. The number of aromatic nitrogens is 7. The first-order valence-electron chi connectivity index (χ1n) is 33.9. The molecule has 91 heavy (non-hydrogen) atoms. The standard InChI is InChI=1S/7C11H14BrN/c1-7(2)11-9(8-3-4-8)5-13-6-10(11)12;1-7(2)9-5-11(8-3-4-8)13-6-10(9)12;2*1-7(2)9-5-11(12)13-6-10(9)8-3-4-8;1-7(2)9-5-10(8-3-4-8)13-11(12)6-9;1-7(2)9-5-6-13-11(10(9)12)8-3-4-8;1-7(2)9-5-6-13-11(12)10(9)8-3-4-8/h7*5-8H,3-4H2,1-2H3. The molecule has 7 saturated carbocycles. The van der Waals surface area contributed by atoms with Gasteiger partial charge in [0.25, 0.3) is 0 Å². The van der Waals surface area contributed by atoms with Crippen LogP contribution >= 0.6 is 112 Å². The highest BCUT2D eigenvalue weighted by Gasteiger charge is 2.33. The molecule has 0 unspecified atom stereocenters. The van der Waals surface area contributed by atoms with Crippen LogP contribution in [0.25, 0.3) is 0 Å². The second-order valence-electron chi connectivity index (χ2n) is 28.4. The number of rotatable bonds is 14. The van der Waals surface area contributed by atoms with Crippen molar-refractivity contribution in [2.45, 2.75) is 270 Å². The zero-order chi connectivity index (χ0) is 66.0. The fourth-order valence-electron chi connectivity index (χ4n) is 11.4. The molecule has 0 atom stereocenters. The lowest BCUT2D eigenvalue weighted by atomic mass is 9.97. The van der Waals surface area contributed by atoms with E-state index in [9.17, 15) is 0 Å². The smallest absolute Gasteiger partial charge is 0.109 e. The molecule has 0 aromatic carbocycles. The van der Waals surface area contributed by atoms with Gasteiger partial charge in [0.1, 0.15) is 18.4 Å². The van der Waals surface area contributed by atoms with E-state index in [0.717, 1.165) is 64.3 Å². The predicted molar refractivity (Wildman–Crippen MR) is 406 cm³/mol. The van der Waals surface area contributed by atoms with E-state index >= 15 is 0 Å². The normalized spacial score (nSPS) is 16.6. The maximum Gasteiger partial charge on any atom is 0.109 e. The first-order chi connectivity index (χ1) is 43.3. The molecular weight excluding hydrogens is 1580 g/mol. The van der Waals surface area contributed by atoms with Gasteiger partial charge in [-0.2, -0.15) is 0 Å². The molecule has 7 aromatic heterocycles. The van der Waals surface area contributed by atoms with Crippen molar-refractivity contribution in [3.63, 3.8) is 0 Å². The zero-order valence-electron chi connectivity index (χ0n) is 56.3. The summed E-state index contributed by atoms with van der Waals surface area (Å²) < 4.78 is 7.52. The number of hydrogen-bond acceptors (Lipinski definition) is 7. The van der Waals surface area contributed by atoms with Crippen molar-refractivity contribution in [1.29, 1.82) is 0 Å². The van der Waals surface area contributed by atoms with Crippen molar-refractivity contribution in [2.24, 2.45) is 0 Å². The van der Waals surface area contributed by atoms with Crippen molar-refractivity contribution in [3.8, 4) is 0 Å². The van der Waals surface area contributed by atoms with Gasteiger partial charge in [-0.3, -0.25) is 15.0 Å². The van der Waals surface area contributed by atoms with Crippen LogP contribution in [-0.2, 0) is 0 Å². The van der Waals surface area contributed by atoms with Gasteiger partial charge in [0.15, 0.2) is 0 Å². The van der Waals surface area contributed by atoms with Crippen LogP contribution in [0.4, 0.5) is 0 Å². The molecule has 7 heterocycles. The van der Waals surface area contributed by atoms with Gasteiger partial charge < -0.3 is 0 Å². The zero-order valence-corrected chi connectivity index (χ0v) is 67.4. The first kappa shape index (κ1) is 74.2. The van der Waals surface area contributed by atoms with Crippen molar-refractivity contribution in [2.75, 3.05) is 0 Å². The molecule has 7 aliphatic rings. The Morgan fingerprint density at radius 3 is 1.26 bits per heavy atom. The third kappa shape index (κ3) is 22.8. The Morgan fingerprint density at radius 2 is 0.802 bits per heavy atom. The minimum absolute atomic E-state index is 0.579. The van der Waals surface area contributed by atoms with Crippen LogP contribution < -0.4 is 0 Å². The third-order valence-electron chi connectivity index (χ3n) is 17.8. The van der Waals surface area contributed by atoms with Gasteiger partial charge >= 0.3 is 0 Å². The minimum Gasteiger partial charge on any atom is -0.263 e. The van der Waals surface area contributed by atoms with Crippen LogP contribution in [0.2, 0.25) is 0 Å². The lowest BCUT2D eigenvalue weighted by molar-refractivity contribution is 0.829. The second kappa shape index (κ2) is 34.6. The topological polar surface area (TPSA) is 90.2 Å². The average Bonchev–Trinajstić information content (AvgIpc) is 2.26. The highest BCUT2D eigenvalue weighted by Crippen LogP contribution is 2.49. The van der Waals surface area contributed by atoms with Crippen molar-refractivity contribution >= 4 is 112 Å². The number of nitrogens with zero attached hydrogens (tertiary/aromatic N) is 7. The lowest BCUT2D eigenvalue weighted by Crippen LogP contribution is -1.97. The molecule has 0 bridgehead atoms. The van der Waals surface area contributed by atoms with Gasteiger partial charge in [0.2, 0.25) is 0 Å². The Kier molecular flexibility index (Phi) is 28.2. The van der Waals surface area contributed by atoms with E-state index in [1.54, 1.807) is 0 Å². The summed E-state index contributed by atoms with van der Waals surface area (Å²) in [5, 5.41) is 0. The highest BCUT2D eigenvalue weighted by molar-refractivity contribution is 9.11. The first-order valence-corrected chi connectivity index (χ1v) is 39.4. The van der Waals surface area contributed by atoms with Crippen LogP contribution in [0.5, 0.6) is 0 Å². The third-order valence-corrected chi connectivity index (χ3v) is 21.9. The van der Waals surface area contributed by atoms with E-state index in [2.05, 4.69) is 286 Å². The Morgan fingerprint density at radius 1 is 0.341 bits per heavy atom. The van der Waals surface area contributed by atoms with Gasteiger partial charge in [-0.1, -0.05) is 96.9 Å². The number of halogens is 7. The fourth-order valence-corrected chi connectivity index (χ4v) is 15.8. The van der Waals surface area contributed by atoms with Gasteiger partial charge in [0, 0.05) is 85.9 Å². The van der Waals surface area contributed by atoms with E-state index in [4.69, 9.17) is 0 Å². The summed E-state index contributed by atoms with van der Waals surface area (Å²) in [6.07, 6.45) is 32.5. The highest BCUT2D eigenvalue weighted by atomic mass is 79.9. The van der Waals surface area contributed by atoms with Gasteiger partial charge in [-0.25, -0.2) is 19.9 Å². The maximum absolute atomic E-state index is 4.49. The molecule has 14 heteroatoms. The molecule has 0 spiro atoms. The largest absolute Gasteiger partial charge is 0.263 e. The lowest BCUT2D eigenvalue weighted by Gasteiger charge is -2.13. The summed E-state index contributed by atoms with van der Waals surface area (Å²) in [6.45, 7) is 31.3. The molecule has 0 saturated heterocycles. The minimum atomic E-state index is 0.579. The SMILES string of the molecule is CC(C)c1c(Br)cncc1C1CC1.CC(C)c1cc(Br)nc(C2CC2)c1.CC(C)c1cc(Br)ncc1C1CC1.CC(C)c1cc(Br)ncc1C1CC1.CC(C)c1cc(C2CC2)ncc1Br.CC(C)c1ccnc(Br)c1C1CC1.CC(C)c1ccnc(C2CC2)c1Br.